The van der Waals surface area contributed by atoms with Crippen molar-refractivity contribution < 1.29 is 0 Å². The summed E-state index contributed by atoms with van der Waals surface area (Å²) in [5.74, 6) is 0. The third-order valence-electron chi connectivity index (χ3n) is 4.30. The van der Waals surface area contributed by atoms with Crippen molar-refractivity contribution in [3.8, 4) is 0 Å². The SMILES string of the molecule is O=c1c2sc3c(=O)n(C4CC4)c(=O)c3sc2c(=O)n1C1CC1. The molecule has 0 saturated heterocycles. The second kappa shape index (κ2) is 3.94. The molecule has 0 radical (unpaired) electrons. The lowest BCUT2D eigenvalue weighted by atomic mass is 10.6. The molecule has 6 nitrogen and oxygen atoms in total. The molecule has 2 aliphatic rings. The molecule has 3 aromatic rings. The maximum atomic E-state index is 12.4. The van der Waals surface area contributed by atoms with Crippen molar-refractivity contribution in [2.24, 2.45) is 0 Å². The van der Waals surface area contributed by atoms with Crippen molar-refractivity contribution in [2.45, 2.75) is 37.8 Å². The highest BCUT2D eigenvalue weighted by Crippen LogP contribution is 2.36. The minimum absolute atomic E-state index is 0.00370. The van der Waals surface area contributed by atoms with Crippen LogP contribution in [-0.2, 0) is 0 Å². The van der Waals surface area contributed by atoms with Crippen LogP contribution < -0.4 is 22.2 Å². The summed E-state index contributed by atoms with van der Waals surface area (Å²) in [7, 11) is 0. The van der Waals surface area contributed by atoms with E-state index in [0.717, 1.165) is 48.4 Å². The highest BCUT2D eigenvalue weighted by atomic mass is 32.1. The fraction of sp³-hybridized carbons (Fsp3) is 0.429. The summed E-state index contributed by atoms with van der Waals surface area (Å²) in [5.41, 5.74) is -1.23. The van der Waals surface area contributed by atoms with Crippen molar-refractivity contribution in [3.63, 3.8) is 0 Å². The van der Waals surface area contributed by atoms with E-state index in [9.17, 15) is 19.2 Å². The number of rotatable bonds is 2. The monoisotopic (exact) mass is 334 g/mol. The van der Waals surface area contributed by atoms with E-state index in [2.05, 4.69) is 0 Å². The Kier molecular flexibility index (Phi) is 2.27. The largest absolute Gasteiger partial charge is 0.272 e. The second-order valence-corrected chi connectivity index (χ2v) is 7.98. The Morgan fingerprint density at radius 2 is 0.864 bits per heavy atom. The van der Waals surface area contributed by atoms with Gasteiger partial charge in [-0.15, -0.1) is 22.7 Å². The zero-order valence-corrected chi connectivity index (χ0v) is 13.0. The highest BCUT2D eigenvalue weighted by molar-refractivity contribution is 7.36. The van der Waals surface area contributed by atoms with Gasteiger partial charge in [-0.25, -0.2) is 0 Å². The first-order chi connectivity index (χ1) is 10.6. The van der Waals surface area contributed by atoms with Gasteiger partial charge in [-0.3, -0.25) is 28.3 Å². The average Bonchev–Trinajstić information content (AvgIpc) is 3.39. The fourth-order valence-corrected chi connectivity index (χ4v) is 5.27. The molecule has 0 aromatic carbocycles. The molecule has 0 spiro atoms. The molecule has 2 saturated carbocycles. The van der Waals surface area contributed by atoms with Crippen LogP contribution in [0, 0.1) is 0 Å². The summed E-state index contributed by atoms with van der Waals surface area (Å²) >= 11 is 2.02. The highest BCUT2D eigenvalue weighted by Gasteiger charge is 2.32. The Hall–Kier alpha value is -1.80. The van der Waals surface area contributed by atoms with Gasteiger partial charge in [0.15, 0.2) is 0 Å². The van der Waals surface area contributed by atoms with E-state index in [1.807, 2.05) is 0 Å². The summed E-state index contributed by atoms with van der Waals surface area (Å²) in [6, 6.07) is -0.00740. The molecule has 0 bridgehead atoms. The molecule has 0 N–H and O–H groups in total. The summed E-state index contributed by atoms with van der Waals surface area (Å²) < 4.78 is 3.86. The first kappa shape index (κ1) is 12.7. The van der Waals surface area contributed by atoms with Gasteiger partial charge in [-0.2, -0.15) is 0 Å². The molecular weight excluding hydrogens is 324 g/mol. The van der Waals surface area contributed by atoms with Crippen LogP contribution in [-0.4, -0.2) is 9.13 Å². The Balaban J connectivity index is 1.96. The number of hydrogen-bond donors (Lipinski definition) is 0. The molecule has 0 amide bonds. The van der Waals surface area contributed by atoms with Crippen LogP contribution in [0.15, 0.2) is 19.2 Å². The average molecular weight is 334 g/mol. The molecule has 0 unspecified atom stereocenters. The summed E-state index contributed by atoms with van der Waals surface area (Å²) in [4.78, 5) is 49.7. The second-order valence-electron chi connectivity index (χ2n) is 5.94. The smallest absolute Gasteiger partial charge is 0.270 e. The zero-order valence-electron chi connectivity index (χ0n) is 11.3. The molecule has 3 aromatic heterocycles. The zero-order chi connectivity index (χ0) is 15.2. The molecule has 0 atom stereocenters. The number of hydrogen-bond acceptors (Lipinski definition) is 6. The Morgan fingerprint density at radius 1 is 0.591 bits per heavy atom. The molecular formula is C14H10N2O4S2. The molecule has 8 heteroatoms. The summed E-state index contributed by atoms with van der Waals surface area (Å²) in [5, 5.41) is 0. The number of fused-ring (bicyclic) bond motifs is 2. The van der Waals surface area contributed by atoms with E-state index in [4.69, 9.17) is 0 Å². The number of aromatic nitrogens is 2. The van der Waals surface area contributed by atoms with Crippen LogP contribution in [0.3, 0.4) is 0 Å². The molecule has 0 aliphatic heterocycles. The van der Waals surface area contributed by atoms with Crippen molar-refractivity contribution in [1.29, 1.82) is 0 Å². The predicted octanol–water partition coefficient (Wildman–Crippen LogP) is 1.27. The lowest BCUT2D eigenvalue weighted by molar-refractivity contribution is 0.702. The van der Waals surface area contributed by atoms with Gasteiger partial charge in [-0.05, 0) is 25.7 Å². The normalized spacial score (nSPS) is 18.5. The molecule has 2 aliphatic carbocycles. The minimum atomic E-state index is -0.309. The minimum Gasteiger partial charge on any atom is -0.270 e. The topological polar surface area (TPSA) is 78.1 Å². The molecule has 5 rings (SSSR count). The van der Waals surface area contributed by atoms with E-state index < -0.39 is 0 Å². The van der Waals surface area contributed by atoms with Crippen molar-refractivity contribution in [3.05, 3.63) is 41.4 Å². The van der Waals surface area contributed by atoms with E-state index in [1.165, 1.54) is 9.13 Å². The maximum Gasteiger partial charge on any atom is 0.272 e. The third-order valence-corrected chi connectivity index (χ3v) is 6.89. The van der Waals surface area contributed by atoms with Gasteiger partial charge in [0.25, 0.3) is 22.2 Å². The Morgan fingerprint density at radius 3 is 1.09 bits per heavy atom. The molecule has 112 valence electrons. The van der Waals surface area contributed by atoms with Crippen molar-refractivity contribution >= 4 is 41.5 Å². The van der Waals surface area contributed by atoms with E-state index in [1.54, 1.807) is 0 Å². The van der Waals surface area contributed by atoms with E-state index in [0.29, 0.717) is 18.8 Å². The van der Waals surface area contributed by atoms with Gasteiger partial charge in [0, 0.05) is 12.1 Å². The van der Waals surface area contributed by atoms with Crippen molar-refractivity contribution in [1.82, 2.24) is 9.13 Å². The van der Waals surface area contributed by atoms with Crippen LogP contribution in [0.4, 0.5) is 0 Å². The molecule has 2 fully saturated rings. The maximum absolute atomic E-state index is 12.4. The third kappa shape index (κ3) is 1.49. The first-order valence-corrected chi connectivity index (χ1v) is 8.81. The lowest BCUT2D eigenvalue weighted by Gasteiger charge is -1.91. The van der Waals surface area contributed by atoms with Gasteiger partial charge in [0.1, 0.15) is 18.8 Å². The van der Waals surface area contributed by atoms with Crippen molar-refractivity contribution in [2.75, 3.05) is 0 Å². The summed E-state index contributed by atoms with van der Waals surface area (Å²) in [6.07, 6.45) is 3.36. The summed E-state index contributed by atoms with van der Waals surface area (Å²) in [6.45, 7) is 0. The van der Waals surface area contributed by atoms with E-state index >= 15 is 0 Å². The van der Waals surface area contributed by atoms with Gasteiger partial charge >= 0.3 is 0 Å². The predicted molar refractivity (Wildman–Crippen MR) is 86.0 cm³/mol. The van der Waals surface area contributed by atoms with Gasteiger partial charge in [0.2, 0.25) is 0 Å². The van der Waals surface area contributed by atoms with E-state index in [-0.39, 0.29) is 34.3 Å². The van der Waals surface area contributed by atoms with Crippen LogP contribution in [0.2, 0.25) is 0 Å². The van der Waals surface area contributed by atoms with Crippen LogP contribution >= 0.6 is 22.7 Å². The van der Waals surface area contributed by atoms with Gasteiger partial charge in [0.05, 0.1) is 0 Å². The Bertz CT molecular complexity index is 1010. The quantitative estimate of drug-likeness (QED) is 0.707. The van der Waals surface area contributed by atoms with Crippen LogP contribution in [0.5, 0.6) is 0 Å². The number of nitrogens with zero attached hydrogens (tertiary/aromatic N) is 2. The molecule has 3 heterocycles. The lowest BCUT2D eigenvalue weighted by Crippen LogP contribution is -2.24. The molecule has 22 heavy (non-hydrogen) atoms. The standard InChI is InChI=1S/C14H10N2O4S2/c17-11-7-8(12(18)15(11)5-1-2-5)22-10-9(21-7)13(19)16(14(10)20)6-3-4-6/h5-6H,1-4H2. The Labute approximate surface area is 130 Å². The van der Waals surface area contributed by atoms with Gasteiger partial charge in [-0.1, -0.05) is 0 Å². The first-order valence-electron chi connectivity index (χ1n) is 7.18. The van der Waals surface area contributed by atoms with Gasteiger partial charge < -0.3 is 0 Å². The van der Waals surface area contributed by atoms with Crippen LogP contribution in [0.25, 0.3) is 18.8 Å². The fourth-order valence-electron chi connectivity index (χ4n) is 2.90. The van der Waals surface area contributed by atoms with Crippen LogP contribution in [0.1, 0.15) is 37.8 Å².